The van der Waals surface area contributed by atoms with Gasteiger partial charge in [0.2, 0.25) is 5.91 Å². The van der Waals surface area contributed by atoms with Gasteiger partial charge in [-0.2, -0.15) is 0 Å². The number of benzene rings is 1. The van der Waals surface area contributed by atoms with Gasteiger partial charge in [-0.25, -0.2) is 4.98 Å². The highest BCUT2D eigenvalue weighted by atomic mass is 32.1. The highest BCUT2D eigenvalue weighted by Gasteiger charge is 2.48. The molecule has 2 fully saturated rings. The molecule has 0 bridgehead atoms. The fourth-order valence-corrected chi connectivity index (χ4v) is 5.54. The first-order valence-electron chi connectivity index (χ1n) is 9.62. The summed E-state index contributed by atoms with van der Waals surface area (Å²) in [7, 11) is 0. The van der Waals surface area contributed by atoms with Gasteiger partial charge in [-0.3, -0.25) is 9.59 Å². The lowest BCUT2D eigenvalue weighted by Crippen LogP contribution is -2.39. The first-order valence-corrected chi connectivity index (χ1v) is 10.4. The van der Waals surface area contributed by atoms with Crippen LogP contribution in [0.15, 0.2) is 30.3 Å². The highest BCUT2D eigenvalue weighted by Crippen LogP contribution is 2.35. The molecule has 3 aromatic rings. The van der Waals surface area contributed by atoms with Gasteiger partial charge in [0, 0.05) is 28.7 Å². The number of carbonyl (C=O) groups is 2. The number of hydrogen-bond acceptors (Lipinski definition) is 4. The summed E-state index contributed by atoms with van der Waals surface area (Å²) in [6, 6.07) is 9.85. The van der Waals surface area contributed by atoms with E-state index >= 15 is 0 Å². The second-order valence-corrected chi connectivity index (χ2v) is 8.95. The van der Waals surface area contributed by atoms with Crippen LogP contribution in [0, 0.1) is 13.8 Å². The number of aromatic nitrogens is 2. The molecule has 1 aromatic carbocycles. The molecule has 2 atom stereocenters. The number of thiazole rings is 1. The van der Waals surface area contributed by atoms with Crippen molar-refractivity contribution in [3.05, 3.63) is 51.6 Å². The van der Waals surface area contributed by atoms with Gasteiger partial charge in [0.1, 0.15) is 5.69 Å². The number of fused-ring (bicyclic) bond motifs is 2. The van der Waals surface area contributed by atoms with Gasteiger partial charge in [0.25, 0.3) is 5.91 Å². The first kappa shape index (κ1) is 17.4. The number of aryl methyl sites for hydroxylation is 2. The summed E-state index contributed by atoms with van der Waals surface area (Å²) in [5, 5.41) is 2.06. The second kappa shape index (κ2) is 6.44. The molecule has 0 spiro atoms. The summed E-state index contributed by atoms with van der Waals surface area (Å²) >= 11 is 1.65. The van der Waals surface area contributed by atoms with Gasteiger partial charge in [0.15, 0.2) is 0 Å². The second-order valence-electron chi connectivity index (χ2n) is 7.66. The predicted molar refractivity (Wildman–Crippen MR) is 108 cm³/mol. The molecule has 0 unspecified atom stereocenters. The molecule has 2 saturated heterocycles. The van der Waals surface area contributed by atoms with Crippen molar-refractivity contribution in [3.8, 4) is 0 Å². The molecule has 0 aliphatic carbocycles. The Kier molecular flexibility index (Phi) is 4.01. The Bertz CT molecular complexity index is 1050. The fraction of sp³-hybridized carbons (Fsp3) is 0.381. The van der Waals surface area contributed by atoms with E-state index in [1.165, 1.54) is 0 Å². The SMILES string of the molecule is Cc1nc(C)c(CN2C(=O)C[C@H]3[C@@H]2CCN3C(=O)c2cc3ccccc3[nH]2)s1. The van der Waals surface area contributed by atoms with Crippen LogP contribution in [0.1, 0.15) is 38.9 Å². The predicted octanol–water partition coefficient (Wildman–Crippen LogP) is 3.26. The lowest BCUT2D eigenvalue weighted by atomic mass is 10.1. The number of hydrogen-bond donors (Lipinski definition) is 1. The van der Waals surface area contributed by atoms with E-state index in [0.29, 0.717) is 25.2 Å². The minimum Gasteiger partial charge on any atom is -0.351 e. The molecule has 6 nitrogen and oxygen atoms in total. The number of aromatic amines is 1. The summed E-state index contributed by atoms with van der Waals surface area (Å²) in [5.41, 5.74) is 2.56. The number of likely N-dealkylation sites (tertiary alicyclic amines) is 2. The molecule has 2 aromatic heterocycles. The number of nitrogens with one attached hydrogen (secondary N) is 1. The summed E-state index contributed by atoms with van der Waals surface area (Å²) < 4.78 is 0. The maximum atomic E-state index is 13.1. The standard InChI is InChI=1S/C21H22N4O2S/c1-12-19(28-13(2)22-12)11-25-17-7-8-24(18(17)10-20(25)26)21(27)16-9-14-5-3-4-6-15(14)23-16/h3-6,9,17-18,23H,7-8,10-11H2,1-2H3/t17-,18-/m0/s1. The van der Waals surface area contributed by atoms with E-state index in [-0.39, 0.29) is 23.9 Å². The van der Waals surface area contributed by atoms with Crippen LogP contribution < -0.4 is 0 Å². The Balaban J connectivity index is 1.37. The van der Waals surface area contributed by atoms with E-state index in [4.69, 9.17) is 0 Å². The van der Waals surface area contributed by atoms with Crippen LogP contribution in [0.4, 0.5) is 0 Å². The Hall–Kier alpha value is -2.67. The van der Waals surface area contributed by atoms with Gasteiger partial charge >= 0.3 is 0 Å². The van der Waals surface area contributed by atoms with Gasteiger partial charge in [-0.1, -0.05) is 18.2 Å². The van der Waals surface area contributed by atoms with Crippen molar-refractivity contribution in [1.29, 1.82) is 0 Å². The van der Waals surface area contributed by atoms with E-state index in [9.17, 15) is 9.59 Å². The zero-order valence-corrected chi connectivity index (χ0v) is 16.8. The monoisotopic (exact) mass is 394 g/mol. The Morgan fingerprint density at radius 1 is 1.29 bits per heavy atom. The van der Waals surface area contributed by atoms with Crippen LogP contribution in [0.3, 0.4) is 0 Å². The summed E-state index contributed by atoms with van der Waals surface area (Å²) in [4.78, 5) is 38.6. The molecule has 2 amide bonds. The minimum absolute atomic E-state index is 0.0110. The average molecular weight is 395 g/mol. The van der Waals surface area contributed by atoms with E-state index in [2.05, 4.69) is 9.97 Å². The number of rotatable bonds is 3. The third-order valence-corrected chi connectivity index (χ3v) is 7.01. The van der Waals surface area contributed by atoms with E-state index in [0.717, 1.165) is 32.9 Å². The third kappa shape index (κ3) is 2.73. The molecule has 1 N–H and O–H groups in total. The normalized spacial score (nSPS) is 21.7. The zero-order chi connectivity index (χ0) is 19.4. The zero-order valence-electron chi connectivity index (χ0n) is 15.9. The lowest BCUT2D eigenvalue weighted by Gasteiger charge is -2.25. The van der Waals surface area contributed by atoms with Crippen molar-refractivity contribution < 1.29 is 9.59 Å². The summed E-state index contributed by atoms with van der Waals surface area (Å²) in [6.07, 6.45) is 1.24. The highest BCUT2D eigenvalue weighted by molar-refractivity contribution is 7.11. The van der Waals surface area contributed by atoms with Crippen LogP contribution in [-0.2, 0) is 11.3 Å². The molecule has 0 radical (unpaired) electrons. The van der Waals surface area contributed by atoms with E-state index < -0.39 is 0 Å². The molecule has 4 heterocycles. The van der Waals surface area contributed by atoms with Gasteiger partial charge in [0.05, 0.1) is 29.3 Å². The number of H-pyrrole nitrogens is 1. The molecule has 28 heavy (non-hydrogen) atoms. The molecule has 0 saturated carbocycles. The maximum absolute atomic E-state index is 13.1. The fourth-order valence-electron chi connectivity index (χ4n) is 4.60. The van der Waals surface area contributed by atoms with Crippen LogP contribution in [0.25, 0.3) is 10.9 Å². The topological polar surface area (TPSA) is 69.3 Å². The summed E-state index contributed by atoms with van der Waals surface area (Å²) in [5.74, 6) is 0.123. The Morgan fingerprint density at radius 3 is 2.86 bits per heavy atom. The van der Waals surface area contributed by atoms with Crippen molar-refractivity contribution >= 4 is 34.1 Å². The van der Waals surface area contributed by atoms with Crippen molar-refractivity contribution in [1.82, 2.24) is 19.8 Å². The van der Waals surface area contributed by atoms with Crippen molar-refractivity contribution in [2.45, 2.75) is 45.3 Å². The molecule has 2 aliphatic rings. The van der Waals surface area contributed by atoms with Gasteiger partial charge in [-0.05, 0) is 32.4 Å². The average Bonchev–Trinajstić information content (AvgIpc) is 3.40. The minimum atomic E-state index is -0.0410. The Labute approximate surface area is 167 Å². The van der Waals surface area contributed by atoms with Crippen molar-refractivity contribution in [3.63, 3.8) is 0 Å². The third-order valence-electron chi connectivity index (χ3n) is 5.95. The van der Waals surface area contributed by atoms with Crippen molar-refractivity contribution in [2.75, 3.05) is 6.54 Å². The Morgan fingerprint density at radius 2 is 2.11 bits per heavy atom. The maximum Gasteiger partial charge on any atom is 0.270 e. The van der Waals surface area contributed by atoms with Crippen LogP contribution in [0.5, 0.6) is 0 Å². The van der Waals surface area contributed by atoms with Gasteiger partial charge in [-0.15, -0.1) is 11.3 Å². The number of carbonyl (C=O) groups excluding carboxylic acids is 2. The van der Waals surface area contributed by atoms with Crippen LogP contribution in [-0.4, -0.2) is 50.2 Å². The van der Waals surface area contributed by atoms with Crippen LogP contribution >= 0.6 is 11.3 Å². The van der Waals surface area contributed by atoms with Crippen LogP contribution in [0.2, 0.25) is 0 Å². The molecule has 7 heteroatoms. The molecule has 2 aliphatic heterocycles. The van der Waals surface area contributed by atoms with Crippen molar-refractivity contribution in [2.24, 2.45) is 0 Å². The molecule has 5 rings (SSSR count). The number of nitrogens with zero attached hydrogens (tertiary/aromatic N) is 3. The quantitative estimate of drug-likeness (QED) is 0.741. The number of para-hydroxylation sites is 1. The largest absolute Gasteiger partial charge is 0.351 e. The summed E-state index contributed by atoms with van der Waals surface area (Å²) in [6.45, 7) is 5.28. The smallest absolute Gasteiger partial charge is 0.270 e. The van der Waals surface area contributed by atoms with E-state index in [1.54, 1.807) is 11.3 Å². The molecular formula is C21H22N4O2S. The first-order chi connectivity index (χ1) is 13.5. The molecular weight excluding hydrogens is 372 g/mol. The van der Waals surface area contributed by atoms with Gasteiger partial charge < -0.3 is 14.8 Å². The lowest BCUT2D eigenvalue weighted by molar-refractivity contribution is -0.129. The number of amides is 2. The molecule has 144 valence electrons. The van der Waals surface area contributed by atoms with E-state index in [1.807, 2.05) is 54.0 Å².